The predicted octanol–water partition coefficient (Wildman–Crippen LogP) is 7.65. The van der Waals surface area contributed by atoms with Gasteiger partial charge in [-0.05, 0) is 71.1 Å². The minimum Gasteiger partial charge on any atom is -0.454 e. The van der Waals surface area contributed by atoms with Crippen molar-refractivity contribution in [2.45, 2.75) is 0 Å². The van der Waals surface area contributed by atoms with E-state index in [4.69, 9.17) is 21.1 Å². The highest BCUT2D eigenvalue weighted by molar-refractivity contribution is 6.32. The maximum atomic E-state index is 13.7. The van der Waals surface area contributed by atoms with Crippen LogP contribution in [0.5, 0.6) is 11.5 Å². The molecule has 196 valence electrons. The van der Waals surface area contributed by atoms with Gasteiger partial charge >= 0.3 is 0 Å². The van der Waals surface area contributed by atoms with Gasteiger partial charge < -0.3 is 20.1 Å². The number of hydrogen-bond acceptors (Lipinski definition) is 4. The van der Waals surface area contributed by atoms with E-state index in [0.29, 0.717) is 44.6 Å². The highest BCUT2D eigenvalue weighted by atomic mass is 35.5. The SMILES string of the molecule is O=C(Nc1ccc(Cl)cc1)/C(=C\c1ccc2c(c1)OCO2)c1ccccc1C(=O)Nc1cccc2ccccc12. The molecule has 0 saturated carbocycles. The number of nitrogens with one attached hydrogen (secondary N) is 2. The lowest BCUT2D eigenvalue weighted by molar-refractivity contribution is -0.111. The number of anilines is 2. The van der Waals surface area contributed by atoms with Crippen LogP contribution in [-0.4, -0.2) is 18.6 Å². The maximum Gasteiger partial charge on any atom is 0.256 e. The fourth-order valence-corrected chi connectivity index (χ4v) is 4.73. The molecule has 1 aliphatic heterocycles. The van der Waals surface area contributed by atoms with Crippen molar-refractivity contribution >= 4 is 57.2 Å². The van der Waals surface area contributed by atoms with Gasteiger partial charge in [0.05, 0.1) is 0 Å². The summed E-state index contributed by atoms with van der Waals surface area (Å²) in [4.78, 5) is 27.4. The summed E-state index contributed by atoms with van der Waals surface area (Å²) in [7, 11) is 0. The molecule has 40 heavy (non-hydrogen) atoms. The summed E-state index contributed by atoms with van der Waals surface area (Å²) < 4.78 is 11.0. The van der Waals surface area contributed by atoms with Crippen LogP contribution in [0.3, 0.4) is 0 Å². The first-order valence-electron chi connectivity index (χ1n) is 12.6. The van der Waals surface area contributed by atoms with E-state index < -0.39 is 0 Å². The molecule has 7 heteroatoms. The molecular weight excluding hydrogens is 524 g/mol. The minimum atomic E-state index is -0.384. The molecule has 2 N–H and O–H groups in total. The lowest BCUT2D eigenvalue weighted by Gasteiger charge is -2.15. The van der Waals surface area contributed by atoms with Gasteiger partial charge in [0.25, 0.3) is 11.8 Å². The van der Waals surface area contributed by atoms with Crippen LogP contribution in [0.1, 0.15) is 21.5 Å². The van der Waals surface area contributed by atoms with E-state index in [0.717, 1.165) is 16.3 Å². The van der Waals surface area contributed by atoms with Gasteiger partial charge in [-0.3, -0.25) is 9.59 Å². The van der Waals surface area contributed by atoms with Crippen molar-refractivity contribution < 1.29 is 19.1 Å². The lowest BCUT2D eigenvalue weighted by atomic mass is 9.96. The van der Waals surface area contributed by atoms with Gasteiger partial charge in [-0.25, -0.2) is 0 Å². The summed E-state index contributed by atoms with van der Waals surface area (Å²) in [5, 5.41) is 8.46. The first-order valence-corrected chi connectivity index (χ1v) is 13.0. The molecular formula is C33H23ClN2O4. The molecule has 0 radical (unpaired) electrons. The highest BCUT2D eigenvalue weighted by Crippen LogP contribution is 2.34. The number of halogens is 1. The Morgan fingerprint density at radius 2 is 1.45 bits per heavy atom. The number of amides is 2. The number of benzene rings is 5. The summed E-state index contributed by atoms with van der Waals surface area (Å²) in [6, 6.07) is 32.9. The van der Waals surface area contributed by atoms with E-state index in [2.05, 4.69) is 10.6 Å². The Labute approximate surface area is 235 Å². The molecule has 6 nitrogen and oxygen atoms in total. The zero-order valence-corrected chi connectivity index (χ0v) is 21.9. The molecule has 0 unspecified atom stereocenters. The number of hydrogen-bond donors (Lipinski definition) is 2. The van der Waals surface area contributed by atoms with Crippen molar-refractivity contribution in [3.63, 3.8) is 0 Å². The Balaban J connectivity index is 1.40. The Bertz CT molecular complexity index is 1770. The number of carbonyl (C=O) groups excluding carboxylic acids is 2. The predicted molar refractivity (Wildman–Crippen MR) is 159 cm³/mol. The Kier molecular flexibility index (Phi) is 6.91. The maximum absolute atomic E-state index is 13.7. The van der Waals surface area contributed by atoms with E-state index in [1.54, 1.807) is 66.7 Å². The Hall–Kier alpha value is -5.07. The molecule has 0 bridgehead atoms. The first-order chi connectivity index (χ1) is 19.5. The molecule has 2 amide bonds. The molecule has 5 aromatic rings. The van der Waals surface area contributed by atoms with Crippen LogP contribution in [0, 0.1) is 0 Å². The smallest absolute Gasteiger partial charge is 0.256 e. The Morgan fingerprint density at radius 1 is 0.725 bits per heavy atom. The Morgan fingerprint density at radius 3 is 2.30 bits per heavy atom. The second-order valence-electron chi connectivity index (χ2n) is 9.16. The van der Waals surface area contributed by atoms with E-state index in [-0.39, 0.29) is 18.6 Å². The quantitative estimate of drug-likeness (QED) is 0.169. The topological polar surface area (TPSA) is 76.7 Å². The fraction of sp³-hybridized carbons (Fsp3) is 0.0303. The number of fused-ring (bicyclic) bond motifs is 2. The average molecular weight is 547 g/mol. The van der Waals surface area contributed by atoms with Crippen LogP contribution in [-0.2, 0) is 4.79 Å². The molecule has 0 fully saturated rings. The largest absolute Gasteiger partial charge is 0.454 e. The van der Waals surface area contributed by atoms with Crippen molar-refractivity contribution in [2.75, 3.05) is 17.4 Å². The third-order valence-corrected chi connectivity index (χ3v) is 6.81. The number of carbonyl (C=O) groups is 2. The number of rotatable bonds is 6. The standard InChI is InChI=1S/C33H23ClN2O4/c34-23-13-15-24(16-14-23)35-33(38)28(18-21-12-17-30-31(19-21)40-20-39-30)26-9-3-4-10-27(26)32(37)36-29-11-5-7-22-6-1-2-8-25(22)29/h1-19H,20H2,(H,35,38)(H,36,37)/b28-18-. The molecule has 0 atom stereocenters. The molecule has 1 aliphatic rings. The van der Waals surface area contributed by atoms with Crippen LogP contribution in [0.25, 0.3) is 22.4 Å². The van der Waals surface area contributed by atoms with Crippen molar-refractivity contribution in [1.82, 2.24) is 0 Å². The molecule has 5 aromatic carbocycles. The summed E-state index contributed by atoms with van der Waals surface area (Å²) >= 11 is 6.03. The third-order valence-electron chi connectivity index (χ3n) is 6.55. The van der Waals surface area contributed by atoms with Crippen LogP contribution in [0.2, 0.25) is 5.02 Å². The van der Waals surface area contributed by atoms with Crippen molar-refractivity contribution in [1.29, 1.82) is 0 Å². The van der Waals surface area contributed by atoms with Crippen molar-refractivity contribution in [3.8, 4) is 11.5 Å². The molecule has 0 aliphatic carbocycles. The molecule has 1 heterocycles. The second kappa shape index (κ2) is 11.0. The molecule has 0 saturated heterocycles. The van der Waals surface area contributed by atoms with Gasteiger partial charge in [-0.2, -0.15) is 0 Å². The fourth-order valence-electron chi connectivity index (χ4n) is 4.61. The highest BCUT2D eigenvalue weighted by Gasteiger charge is 2.21. The van der Waals surface area contributed by atoms with Gasteiger partial charge in [0.1, 0.15) is 0 Å². The van der Waals surface area contributed by atoms with Crippen LogP contribution < -0.4 is 20.1 Å². The van der Waals surface area contributed by atoms with E-state index in [1.807, 2.05) is 48.5 Å². The summed E-state index contributed by atoms with van der Waals surface area (Å²) in [5.41, 5.74) is 3.11. The summed E-state index contributed by atoms with van der Waals surface area (Å²) in [5.74, 6) is 0.514. The van der Waals surface area contributed by atoms with Gasteiger partial charge in [0, 0.05) is 32.9 Å². The van der Waals surface area contributed by atoms with Crippen LogP contribution >= 0.6 is 11.6 Å². The van der Waals surface area contributed by atoms with Gasteiger partial charge in [-0.1, -0.05) is 72.3 Å². The second-order valence-corrected chi connectivity index (χ2v) is 9.59. The summed E-state index contributed by atoms with van der Waals surface area (Å²) in [6.07, 6.45) is 1.73. The van der Waals surface area contributed by atoms with Gasteiger partial charge in [-0.15, -0.1) is 0 Å². The van der Waals surface area contributed by atoms with E-state index in [1.165, 1.54) is 0 Å². The summed E-state index contributed by atoms with van der Waals surface area (Å²) in [6.45, 7) is 0.142. The third kappa shape index (κ3) is 5.25. The molecule has 6 rings (SSSR count). The monoisotopic (exact) mass is 546 g/mol. The minimum absolute atomic E-state index is 0.142. The first kappa shape index (κ1) is 25.2. The van der Waals surface area contributed by atoms with Crippen LogP contribution in [0.15, 0.2) is 109 Å². The zero-order valence-electron chi connectivity index (χ0n) is 21.2. The van der Waals surface area contributed by atoms with Crippen molar-refractivity contribution in [3.05, 3.63) is 131 Å². The van der Waals surface area contributed by atoms with E-state index >= 15 is 0 Å². The van der Waals surface area contributed by atoms with Gasteiger partial charge in [0.2, 0.25) is 6.79 Å². The van der Waals surface area contributed by atoms with Gasteiger partial charge in [0.15, 0.2) is 11.5 Å². The van der Waals surface area contributed by atoms with Crippen molar-refractivity contribution in [2.24, 2.45) is 0 Å². The molecule has 0 aromatic heterocycles. The lowest BCUT2D eigenvalue weighted by Crippen LogP contribution is -2.18. The van der Waals surface area contributed by atoms with E-state index in [9.17, 15) is 9.59 Å². The number of ether oxygens (including phenoxy) is 2. The average Bonchev–Trinajstić information content (AvgIpc) is 3.45. The normalized spacial score (nSPS) is 12.3. The zero-order chi connectivity index (χ0) is 27.5. The van der Waals surface area contributed by atoms with Crippen LogP contribution in [0.4, 0.5) is 11.4 Å². The molecule has 0 spiro atoms.